The molecule has 1 aromatic rings. The monoisotopic (exact) mass is 299 g/mol. The van der Waals surface area contributed by atoms with E-state index in [2.05, 4.69) is 0 Å². The third kappa shape index (κ3) is 3.28. The van der Waals surface area contributed by atoms with E-state index in [-0.39, 0.29) is 17.4 Å². The summed E-state index contributed by atoms with van der Waals surface area (Å²) in [6, 6.07) is 3.07. The van der Waals surface area contributed by atoms with Gasteiger partial charge < -0.3 is 10.0 Å². The molecular weight excluding hydrogens is 285 g/mol. The van der Waals surface area contributed by atoms with Crippen LogP contribution in [0.15, 0.2) is 18.2 Å². The largest absolute Gasteiger partial charge is 0.480 e. The molecule has 1 amide bonds. The summed E-state index contributed by atoms with van der Waals surface area (Å²) in [7, 11) is 0. The molecule has 20 heavy (non-hydrogen) atoms. The van der Waals surface area contributed by atoms with Crippen molar-refractivity contribution in [2.45, 2.75) is 31.7 Å². The van der Waals surface area contributed by atoms with Crippen LogP contribution in [0.25, 0.3) is 0 Å². The molecule has 0 aliphatic carbocycles. The number of piperidine rings is 1. The van der Waals surface area contributed by atoms with E-state index in [1.165, 1.54) is 17.0 Å². The summed E-state index contributed by atoms with van der Waals surface area (Å²) in [5.74, 6) is -1.73. The lowest BCUT2D eigenvalue weighted by atomic mass is 10.0. The molecule has 1 aliphatic rings. The molecule has 1 saturated heterocycles. The fourth-order valence-corrected chi connectivity index (χ4v) is 2.65. The van der Waals surface area contributed by atoms with Gasteiger partial charge >= 0.3 is 5.97 Å². The van der Waals surface area contributed by atoms with E-state index in [0.717, 1.165) is 18.9 Å². The quantitative estimate of drug-likeness (QED) is 0.933. The van der Waals surface area contributed by atoms with Gasteiger partial charge in [-0.15, -0.1) is 0 Å². The average Bonchev–Trinajstić information content (AvgIpc) is 2.41. The molecule has 1 heterocycles. The molecule has 1 aliphatic heterocycles. The highest BCUT2D eigenvalue weighted by Crippen LogP contribution is 2.22. The van der Waals surface area contributed by atoms with Crippen LogP contribution in [0.3, 0.4) is 0 Å². The Labute approximate surface area is 121 Å². The molecule has 0 bridgehead atoms. The van der Waals surface area contributed by atoms with Crippen molar-refractivity contribution in [3.05, 3.63) is 34.6 Å². The number of hydrogen-bond donors (Lipinski definition) is 1. The summed E-state index contributed by atoms with van der Waals surface area (Å²) >= 11 is 5.88. The molecule has 0 saturated carbocycles. The zero-order valence-corrected chi connectivity index (χ0v) is 11.6. The van der Waals surface area contributed by atoms with Crippen molar-refractivity contribution in [3.8, 4) is 0 Å². The Morgan fingerprint density at radius 1 is 1.40 bits per heavy atom. The molecule has 4 nitrogen and oxygen atoms in total. The van der Waals surface area contributed by atoms with Gasteiger partial charge in [-0.1, -0.05) is 17.7 Å². The van der Waals surface area contributed by atoms with Gasteiger partial charge in [-0.05, 0) is 37.0 Å². The van der Waals surface area contributed by atoms with E-state index in [1.54, 1.807) is 0 Å². The van der Waals surface area contributed by atoms with Crippen molar-refractivity contribution in [1.82, 2.24) is 4.90 Å². The number of carboxylic acid groups (broad SMARTS) is 1. The van der Waals surface area contributed by atoms with E-state index in [1.807, 2.05) is 0 Å². The molecular formula is C14H15ClFNO3. The average molecular weight is 300 g/mol. The number of halogens is 2. The fraction of sp³-hybridized carbons (Fsp3) is 0.429. The van der Waals surface area contributed by atoms with E-state index >= 15 is 0 Å². The maximum Gasteiger partial charge on any atom is 0.326 e. The minimum atomic E-state index is -0.983. The number of likely N-dealkylation sites (tertiary alicyclic amines) is 1. The highest BCUT2D eigenvalue weighted by atomic mass is 35.5. The summed E-state index contributed by atoms with van der Waals surface area (Å²) in [6.45, 7) is 0.439. The molecule has 6 heteroatoms. The zero-order valence-electron chi connectivity index (χ0n) is 10.8. The lowest BCUT2D eigenvalue weighted by molar-refractivity contribution is -0.151. The van der Waals surface area contributed by atoms with Gasteiger partial charge in [-0.25, -0.2) is 9.18 Å². The minimum absolute atomic E-state index is 0.0110. The predicted octanol–water partition coefficient (Wildman–Crippen LogP) is 2.49. The Kier molecular flexibility index (Phi) is 4.60. The number of nitrogens with zero attached hydrogens (tertiary/aromatic N) is 1. The molecule has 108 valence electrons. The van der Waals surface area contributed by atoms with Gasteiger partial charge in [0.05, 0.1) is 6.42 Å². The number of carbonyl (C=O) groups is 2. The van der Waals surface area contributed by atoms with Crippen LogP contribution < -0.4 is 0 Å². The number of rotatable bonds is 3. The number of amides is 1. The second-order valence-corrected chi connectivity index (χ2v) is 5.26. The third-order valence-corrected chi connectivity index (χ3v) is 3.82. The summed E-state index contributed by atoms with van der Waals surface area (Å²) in [4.78, 5) is 24.8. The van der Waals surface area contributed by atoms with Crippen LogP contribution in [-0.2, 0) is 16.0 Å². The molecule has 1 atom stereocenters. The van der Waals surface area contributed by atoms with Crippen LogP contribution in [0, 0.1) is 5.82 Å². The zero-order chi connectivity index (χ0) is 14.7. The van der Waals surface area contributed by atoms with Gasteiger partial charge in [-0.2, -0.15) is 0 Å². The maximum absolute atomic E-state index is 12.9. The molecule has 0 aromatic heterocycles. The van der Waals surface area contributed by atoms with Crippen LogP contribution in [0.4, 0.5) is 4.39 Å². The van der Waals surface area contributed by atoms with Crippen LogP contribution in [0.2, 0.25) is 5.02 Å². The Morgan fingerprint density at radius 3 is 2.80 bits per heavy atom. The fourth-order valence-electron chi connectivity index (χ4n) is 2.42. The lowest BCUT2D eigenvalue weighted by Gasteiger charge is -2.33. The van der Waals surface area contributed by atoms with Crippen LogP contribution >= 0.6 is 11.6 Å². The highest BCUT2D eigenvalue weighted by Gasteiger charge is 2.31. The van der Waals surface area contributed by atoms with E-state index in [9.17, 15) is 14.0 Å². The summed E-state index contributed by atoms with van der Waals surface area (Å²) < 4.78 is 12.9. The highest BCUT2D eigenvalue weighted by molar-refractivity contribution is 6.31. The van der Waals surface area contributed by atoms with Crippen molar-refractivity contribution in [2.75, 3.05) is 6.54 Å². The number of benzene rings is 1. The Morgan fingerprint density at radius 2 is 2.15 bits per heavy atom. The van der Waals surface area contributed by atoms with Crippen molar-refractivity contribution in [3.63, 3.8) is 0 Å². The lowest BCUT2D eigenvalue weighted by Crippen LogP contribution is -2.48. The van der Waals surface area contributed by atoms with Crippen LogP contribution in [0.5, 0.6) is 0 Å². The molecule has 0 spiro atoms. The normalized spacial score (nSPS) is 18.9. The first-order chi connectivity index (χ1) is 9.49. The second-order valence-electron chi connectivity index (χ2n) is 4.85. The Bertz CT molecular complexity index is 535. The van der Waals surface area contributed by atoms with E-state index in [0.29, 0.717) is 18.5 Å². The number of hydrogen-bond acceptors (Lipinski definition) is 2. The van der Waals surface area contributed by atoms with Gasteiger partial charge in [0.25, 0.3) is 0 Å². The van der Waals surface area contributed by atoms with Crippen LogP contribution in [0.1, 0.15) is 24.8 Å². The minimum Gasteiger partial charge on any atom is -0.480 e. The van der Waals surface area contributed by atoms with Crippen molar-refractivity contribution >= 4 is 23.5 Å². The van der Waals surface area contributed by atoms with E-state index < -0.39 is 17.8 Å². The number of carboxylic acids is 1. The van der Waals surface area contributed by atoms with Gasteiger partial charge in [-0.3, -0.25) is 4.79 Å². The molecule has 1 aromatic carbocycles. The first-order valence-electron chi connectivity index (χ1n) is 6.45. The number of carbonyl (C=O) groups excluding carboxylic acids is 1. The Hall–Kier alpha value is -1.62. The molecule has 0 radical (unpaired) electrons. The first kappa shape index (κ1) is 14.8. The van der Waals surface area contributed by atoms with Gasteiger partial charge in [0, 0.05) is 11.6 Å². The van der Waals surface area contributed by atoms with Gasteiger partial charge in [0.15, 0.2) is 0 Å². The third-order valence-electron chi connectivity index (χ3n) is 3.46. The molecule has 1 fully saturated rings. The molecule has 1 N–H and O–H groups in total. The van der Waals surface area contributed by atoms with E-state index in [4.69, 9.17) is 16.7 Å². The molecule has 0 unspecified atom stereocenters. The summed E-state index contributed by atoms with van der Waals surface area (Å²) in [5, 5.41) is 9.33. The van der Waals surface area contributed by atoms with Gasteiger partial charge in [0.1, 0.15) is 11.9 Å². The number of aliphatic carboxylic acids is 1. The van der Waals surface area contributed by atoms with Crippen LogP contribution in [-0.4, -0.2) is 34.5 Å². The van der Waals surface area contributed by atoms with Crippen molar-refractivity contribution < 1.29 is 19.1 Å². The summed E-state index contributed by atoms with van der Waals surface area (Å²) in [5.41, 5.74) is 0.507. The molecule has 2 rings (SSSR count). The maximum atomic E-state index is 12.9. The SMILES string of the molecule is O=C(O)[C@@H]1CCCCN1C(=O)Cc1ccc(F)cc1Cl. The Balaban J connectivity index is 2.12. The standard InChI is InChI=1S/C14H15ClFNO3/c15-11-8-10(16)5-4-9(11)7-13(18)17-6-2-1-3-12(17)14(19)20/h4-5,8,12H,1-3,6-7H2,(H,19,20)/t12-/m0/s1. The van der Waals surface area contributed by atoms with Crippen molar-refractivity contribution in [1.29, 1.82) is 0 Å². The first-order valence-corrected chi connectivity index (χ1v) is 6.83. The van der Waals surface area contributed by atoms with Crippen molar-refractivity contribution in [2.24, 2.45) is 0 Å². The topological polar surface area (TPSA) is 57.6 Å². The smallest absolute Gasteiger partial charge is 0.326 e. The van der Waals surface area contributed by atoms with Gasteiger partial charge in [0.2, 0.25) is 5.91 Å². The second kappa shape index (κ2) is 6.22. The predicted molar refractivity (Wildman–Crippen MR) is 72.1 cm³/mol. The summed E-state index contributed by atoms with van der Waals surface area (Å²) in [6.07, 6.45) is 2.06.